The average Bonchev–Trinajstić information content (AvgIpc) is 2.17. The molecule has 1 aliphatic rings. The number of nitrogens with zero attached hydrogens (tertiary/aromatic N) is 1. The van der Waals surface area contributed by atoms with Crippen molar-refractivity contribution in [1.82, 2.24) is 10.2 Å². The highest BCUT2D eigenvalue weighted by Crippen LogP contribution is 2.07. The van der Waals surface area contributed by atoms with E-state index in [0.29, 0.717) is 12.1 Å². The zero-order valence-electron chi connectivity index (χ0n) is 8.34. The van der Waals surface area contributed by atoms with E-state index in [1.807, 2.05) is 0 Å². The van der Waals surface area contributed by atoms with Gasteiger partial charge < -0.3 is 10.1 Å². The lowest BCUT2D eigenvalue weighted by Crippen LogP contribution is -2.50. The highest BCUT2D eigenvalue weighted by molar-refractivity contribution is 4.77. The summed E-state index contributed by atoms with van der Waals surface area (Å²) >= 11 is 0. The number of methoxy groups -OCH3 is 1. The van der Waals surface area contributed by atoms with Gasteiger partial charge in [-0.15, -0.1) is 0 Å². The molecule has 1 fully saturated rings. The summed E-state index contributed by atoms with van der Waals surface area (Å²) < 4.78 is 5.30. The molecule has 3 nitrogen and oxygen atoms in total. The van der Waals surface area contributed by atoms with Crippen molar-refractivity contribution < 1.29 is 4.74 Å². The minimum absolute atomic E-state index is 0.336. The number of rotatable bonds is 3. The Morgan fingerprint density at radius 1 is 1.25 bits per heavy atom. The standard InChI is InChI=1S/C9H20N2O/c1-8(9(2)12-3)11-6-4-10-5-7-11/h8-10H,4-7H2,1-3H3. The molecule has 0 spiro atoms. The SMILES string of the molecule is COC(C)C(C)N1CCNCC1. The van der Waals surface area contributed by atoms with E-state index in [2.05, 4.69) is 24.1 Å². The normalized spacial score (nSPS) is 25.2. The first-order valence-corrected chi connectivity index (χ1v) is 4.73. The van der Waals surface area contributed by atoms with Gasteiger partial charge in [0.05, 0.1) is 6.10 Å². The fourth-order valence-corrected chi connectivity index (χ4v) is 1.58. The van der Waals surface area contributed by atoms with E-state index in [1.54, 1.807) is 7.11 Å². The predicted octanol–water partition coefficient (Wildman–Crippen LogP) is 0.315. The third kappa shape index (κ3) is 2.44. The van der Waals surface area contributed by atoms with Crippen LogP contribution in [0.1, 0.15) is 13.8 Å². The van der Waals surface area contributed by atoms with Crippen molar-refractivity contribution in [3.63, 3.8) is 0 Å². The van der Waals surface area contributed by atoms with Gasteiger partial charge in [-0.2, -0.15) is 0 Å². The molecule has 0 aromatic heterocycles. The van der Waals surface area contributed by atoms with Crippen LogP contribution in [0.15, 0.2) is 0 Å². The molecule has 2 unspecified atom stereocenters. The number of hydrogen-bond acceptors (Lipinski definition) is 3. The minimum atomic E-state index is 0.336. The first kappa shape index (κ1) is 9.96. The fourth-order valence-electron chi connectivity index (χ4n) is 1.58. The Bertz CT molecular complexity index is 124. The number of ether oxygens (including phenoxy) is 1. The molecular formula is C9H20N2O. The number of piperazine rings is 1. The van der Waals surface area contributed by atoms with Gasteiger partial charge >= 0.3 is 0 Å². The Morgan fingerprint density at radius 2 is 1.83 bits per heavy atom. The number of nitrogens with one attached hydrogen (secondary N) is 1. The molecule has 0 saturated carbocycles. The maximum atomic E-state index is 5.30. The van der Waals surface area contributed by atoms with Gasteiger partial charge in [-0.1, -0.05) is 0 Å². The Kier molecular flexibility index (Phi) is 3.98. The minimum Gasteiger partial charge on any atom is -0.380 e. The van der Waals surface area contributed by atoms with Crippen molar-refractivity contribution in [3.8, 4) is 0 Å². The van der Waals surface area contributed by atoms with E-state index in [-0.39, 0.29) is 0 Å². The first-order chi connectivity index (χ1) is 5.75. The molecule has 1 N–H and O–H groups in total. The van der Waals surface area contributed by atoms with Gasteiger partial charge in [0.2, 0.25) is 0 Å². The van der Waals surface area contributed by atoms with E-state index < -0.39 is 0 Å². The molecule has 72 valence electrons. The summed E-state index contributed by atoms with van der Waals surface area (Å²) in [5, 5.41) is 3.34. The van der Waals surface area contributed by atoms with Gasteiger partial charge in [-0.05, 0) is 13.8 Å². The van der Waals surface area contributed by atoms with Gasteiger partial charge in [0.15, 0.2) is 0 Å². The lowest BCUT2D eigenvalue weighted by Gasteiger charge is -2.35. The van der Waals surface area contributed by atoms with Crippen molar-refractivity contribution in [2.45, 2.75) is 26.0 Å². The van der Waals surface area contributed by atoms with Crippen LogP contribution in [0.5, 0.6) is 0 Å². The lowest BCUT2D eigenvalue weighted by atomic mass is 10.1. The van der Waals surface area contributed by atoms with E-state index in [0.717, 1.165) is 26.2 Å². The van der Waals surface area contributed by atoms with E-state index in [9.17, 15) is 0 Å². The maximum absolute atomic E-state index is 5.30. The molecule has 0 aliphatic carbocycles. The second kappa shape index (κ2) is 4.80. The summed E-state index contributed by atoms with van der Waals surface area (Å²) in [5.41, 5.74) is 0. The van der Waals surface area contributed by atoms with Gasteiger partial charge in [-0.3, -0.25) is 4.90 Å². The van der Waals surface area contributed by atoms with Crippen molar-refractivity contribution in [2.24, 2.45) is 0 Å². The Labute approximate surface area is 75.1 Å². The van der Waals surface area contributed by atoms with Crippen LogP contribution < -0.4 is 5.32 Å². The quantitative estimate of drug-likeness (QED) is 0.663. The summed E-state index contributed by atoms with van der Waals surface area (Å²) in [4.78, 5) is 2.48. The van der Waals surface area contributed by atoms with Crippen LogP contribution in [0.3, 0.4) is 0 Å². The van der Waals surface area contributed by atoms with Crippen LogP contribution in [0, 0.1) is 0 Å². The molecule has 1 heterocycles. The molecule has 1 rings (SSSR count). The monoisotopic (exact) mass is 172 g/mol. The summed E-state index contributed by atoms with van der Waals surface area (Å²) in [6, 6.07) is 0.539. The Morgan fingerprint density at radius 3 is 2.33 bits per heavy atom. The predicted molar refractivity (Wildman–Crippen MR) is 50.4 cm³/mol. The molecule has 0 amide bonds. The van der Waals surface area contributed by atoms with Crippen LogP contribution >= 0.6 is 0 Å². The summed E-state index contributed by atoms with van der Waals surface area (Å²) in [5.74, 6) is 0. The zero-order chi connectivity index (χ0) is 8.97. The summed E-state index contributed by atoms with van der Waals surface area (Å²) in [6.07, 6.45) is 0.336. The van der Waals surface area contributed by atoms with Crippen LogP contribution in [0.25, 0.3) is 0 Å². The molecule has 1 aliphatic heterocycles. The second-order valence-corrected chi connectivity index (χ2v) is 3.47. The van der Waals surface area contributed by atoms with Crippen LogP contribution in [-0.4, -0.2) is 50.3 Å². The van der Waals surface area contributed by atoms with Crippen molar-refractivity contribution in [3.05, 3.63) is 0 Å². The van der Waals surface area contributed by atoms with E-state index in [4.69, 9.17) is 4.74 Å². The van der Waals surface area contributed by atoms with Crippen molar-refractivity contribution >= 4 is 0 Å². The third-order valence-electron chi connectivity index (χ3n) is 2.78. The largest absolute Gasteiger partial charge is 0.380 e. The lowest BCUT2D eigenvalue weighted by molar-refractivity contribution is 0.0285. The van der Waals surface area contributed by atoms with Gasteiger partial charge in [-0.25, -0.2) is 0 Å². The van der Waals surface area contributed by atoms with Gasteiger partial charge in [0, 0.05) is 39.3 Å². The molecule has 0 radical (unpaired) electrons. The van der Waals surface area contributed by atoms with Gasteiger partial charge in [0.25, 0.3) is 0 Å². The molecular weight excluding hydrogens is 152 g/mol. The molecule has 12 heavy (non-hydrogen) atoms. The van der Waals surface area contributed by atoms with E-state index >= 15 is 0 Å². The number of hydrogen-bond donors (Lipinski definition) is 1. The third-order valence-corrected chi connectivity index (χ3v) is 2.78. The van der Waals surface area contributed by atoms with Crippen LogP contribution in [-0.2, 0) is 4.74 Å². The van der Waals surface area contributed by atoms with Crippen molar-refractivity contribution in [2.75, 3.05) is 33.3 Å². The fraction of sp³-hybridized carbons (Fsp3) is 1.00. The summed E-state index contributed by atoms with van der Waals surface area (Å²) in [6.45, 7) is 8.89. The Balaban J connectivity index is 2.33. The first-order valence-electron chi connectivity index (χ1n) is 4.73. The van der Waals surface area contributed by atoms with Crippen LogP contribution in [0.2, 0.25) is 0 Å². The topological polar surface area (TPSA) is 24.5 Å². The zero-order valence-corrected chi connectivity index (χ0v) is 8.34. The maximum Gasteiger partial charge on any atom is 0.0695 e. The molecule has 0 aromatic carbocycles. The molecule has 3 heteroatoms. The van der Waals surface area contributed by atoms with Crippen molar-refractivity contribution in [1.29, 1.82) is 0 Å². The van der Waals surface area contributed by atoms with Crippen LogP contribution in [0.4, 0.5) is 0 Å². The average molecular weight is 172 g/mol. The second-order valence-electron chi connectivity index (χ2n) is 3.47. The molecule has 0 bridgehead atoms. The highest BCUT2D eigenvalue weighted by atomic mass is 16.5. The smallest absolute Gasteiger partial charge is 0.0695 e. The molecule has 0 aromatic rings. The highest BCUT2D eigenvalue weighted by Gasteiger charge is 2.20. The van der Waals surface area contributed by atoms with E-state index in [1.165, 1.54) is 0 Å². The molecule has 2 atom stereocenters. The summed E-state index contributed by atoms with van der Waals surface area (Å²) in [7, 11) is 1.78. The van der Waals surface area contributed by atoms with Gasteiger partial charge in [0.1, 0.15) is 0 Å². The molecule has 1 saturated heterocycles. The Hall–Kier alpha value is -0.120.